The van der Waals surface area contributed by atoms with Crippen molar-refractivity contribution in [3.8, 4) is 0 Å². The molecular weight excluding hydrogens is 438 g/mol. The molecule has 0 aliphatic rings. The Morgan fingerprint density at radius 2 is 1.59 bits per heavy atom. The van der Waals surface area contributed by atoms with Gasteiger partial charge in [0, 0.05) is 6.42 Å². The van der Waals surface area contributed by atoms with E-state index in [0.29, 0.717) is 25.8 Å². The van der Waals surface area contributed by atoms with E-state index in [-0.39, 0.29) is 12.3 Å². The Bertz CT molecular complexity index is 804. The highest BCUT2D eigenvalue weighted by Crippen LogP contribution is 2.09. The van der Waals surface area contributed by atoms with Gasteiger partial charge in [-0.1, -0.05) is 57.0 Å². The predicted octanol–water partition coefficient (Wildman–Crippen LogP) is 0.290. The van der Waals surface area contributed by atoms with E-state index < -0.39 is 47.9 Å². The molecule has 0 heterocycles. The summed E-state index contributed by atoms with van der Waals surface area (Å²) in [4.78, 5) is 49.7. The lowest BCUT2D eigenvalue weighted by Gasteiger charge is -2.25. The van der Waals surface area contributed by atoms with Crippen LogP contribution in [0.15, 0.2) is 30.3 Å². The standard InChI is InChI=1S/C24H39N5O5/c1-4-15(2)20(24(33)34)29-21(30)16(3)27-23(32)19(14-17-10-6-5-7-11-17)28-22(31)18(26)12-8-9-13-25/h5-7,10-11,15-16,18-20H,4,8-9,12-14,25-26H2,1-3H3,(H,27,32)(H,28,31)(H,29,30)(H,33,34). The quantitative estimate of drug-likeness (QED) is 0.197. The van der Waals surface area contributed by atoms with Gasteiger partial charge >= 0.3 is 5.97 Å². The summed E-state index contributed by atoms with van der Waals surface area (Å²) in [7, 11) is 0. The Morgan fingerprint density at radius 3 is 2.15 bits per heavy atom. The molecule has 0 fully saturated rings. The van der Waals surface area contributed by atoms with Crippen LogP contribution in [-0.2, 0) is 25.6 Å². The average molecular weight is 478 g/mol. The lowest BCUT2D eigenvalue weighted by atomic mass is 9.99. The van der Waals surface area contributed by atoms with Crippen molar-refractivity contribution in [3.05, 3.63) is 35.9 Å². The van der Waals surface area contributed by atoms with Crippen LogP contribution in [0.1, 0.15) is 52.0 Å². The summed E-state index contributed by atoms with van der Waals surface area (Å²) in [6, 6.07) is 5.31. The number of aliphatic carboxylic acids is 1. The molecule has 3 amide bonds. The van der Waals surface area contributed by atoms with E-state index in [1.165, 1.54) is 6.92 Å². The van der Waals surface area contributed by atoms with E-state index in [2.05, 4.69) is 16.0 Å². The van der Waals surface area contributed by atoms with Crippen molar-refractivity contribution in [3.63, 3.8) is 0 Å². The lowest BCUT2D eigenvalue weighted by molar-refractivity contribution is -0.143. The Kier molecular flexibility index (Phi) is 12.8. The predicted molar refractivity (Wildman–Crippen MR) is 130 cm³/mol. The number of hydrogen-bond donors (Lipinski definition) is 6. The number of nitrogens with one attached hydrogen (secondary N) is 3. The van der Waals surface area contributed by atoms with Gasteiger partial charge in [-0.3, -0.25) is 14.4 Å². The number of carboxylic acids is 1. The fraction of sp³-hybridized carbons (Fsp3) is 0.583. The molecule has 34 heavy (non-hydrogen) atoms. The van der Waals surface area contributed by atoms with Crippen LogP contribution >= 0.6 is 0 Å². The highest BCUT2D eigenvalue weighted by Gasteiger charge is 2.30. The van der Waals surface area contributed by atoms with Gasteiger partial charge in [-0.05, 0) is 37.8 Å². The van der Waals surface area contributed by atoms with Crippen LogP contribution in [0.25, 0.3) is 0 Å². The first kappa shape index (κ1) is 29.1. The molecule has 0 aliphatic heterocycles. The SMILES string of the molecule is CCC(C)C(NC(=O)C(C)NC(=O)C(Cc1ccccc1)NC(=O)C(N)CCCCN)C(=O)O. The van der Waals surface area contributed by atoms with E-state index >= 15 is 0 Å². The van der Waals surface area contributed by atoms with Gasteiger partial charge in [-0.2, -0.15) is 0 Å². The first-order chi connectivity index (χ1) is 16.1. The fourth-order valence-corrected chi connectivity index (χ4v) is 3.32. The van der Waals surface area contributed by atoms with Crippen LogP contribution in [0.2, 0.25) is 0 Å². The maximum atomic E-state index is 13.0. The number of rotatable bonds is 15. The Hall–Kier alpha value is -2.98. The third-order valence-electron chi connectivity index (χ3n) is 5.75. The molecule has 8 N–H and O–H groups in total. The number of carbonyl (C=O) groups is 4. The van der Waals surface area contributed by atoms with Crippen molar-refractivity contribution in [2.45, 2.75) is 77.0 Å². The molecular formula is C24H39N5O5. The average Bonchev–Trinajstić information content (AvgIpc) is 2.81. The Labute approximate surface area is 201 Å². The van der Waals surface area contributed by atoms with Crippen LogP contribution in [-0.4, -0.2) is 59.5 Å². The van der Waals surface area contributed by atoms with E-state index in [0.717, 1.165) is 12.0 Å². The molecule has 0 spiro atoms. The van der Waals surface area contributed by atoms with Gasteiger partial charge in [0.25, 0.3) is 0 Å². The van der Waals surface area contributed by atoms with Gasteiger partial charge in [0.1, 0.15) is 18.1 Å². The van der Waals surface area contributed by atoms with E-state index in [4.69, 9.17) is 11.5 Å². The summed E-state index contributed by atoms with van der Waals surface area (Å²) >= 11 is 0. The van der Waals surface area contributed by atoms with Gasteiger partial charge < -0.3 is 32.5 Å². The zero-order valence-electron chi connectivity index (χ0n) is 20.3. The van der Waals surface area contributed by atoms with Crippen LogP contribution in [0.4, 0.5) is 0 Å². The monoisotopic (exact) mass is 477 g/mol. The molecule has 0 aliphatic carbocycles. The molecule has 1 aromatic carbocycles. The molecule has 5 atom stereocenters. The molecule has 1 rings (SSSR count). The number of carbonyl (C=O) groups excluding carboxylic acids is 3. The van der Waals surface area contributed by atoms with Crippen LogP contribution in [0.3, 0.4) is 0 Å². The van der Waals surface area contributed by atoms with Gasteiger partial charge in [0.15, 0.2) is 0 Å². The molecule has 190 valence electrons. The maximum absolute atomic E-state index is 13.0. The smallest absolute Gasteiger partial charge is 0.326 e. The Balaban J connectivity index is 2.88. The second-order valence-corrected chi connectivity index (χ2v) is 8.58. The first-order valence-corrected chi connectivity index (χ1v) is 11.7. The lowest BCUT2D eigenvalue weighted by Crippen LogP contribution is -2.57. The van der Waals surface area contributed by atoms with Crippen molar-refractivity contribution < 1.29 is 24.3 Å². The zero-order valence-corrected chi connectivity index (χ0v) is 20.3. The van der Waals surface area contributed by atoms with Crippen molar-refractivity contribution in [2.75, 3.05) is 6.54 Å². The molecule has 1 aromatic rings. The summed E-state index contributed by atoms with van der Waals surface area (Å²) in [6.07, 6.45) is 2.64. The van der Waals surface area contributed by atoms with Crippen molar-refractivity contribution in [2.24, 2.45) is 17.4 Å². The minimum Gasteiger partial charge on any atom is -0.480 e. The molecule has 0 aromatic heterocycles. The van der Waals surface area contributed by atoms with Gasteiger partial charge in [0.2, 0.25) is 17.7 Å². The van der Waals surface area contributed by atoms with Crippen molar-refractivity contribution >= 4 is 23.7 Å². The highest BCUT2D eigenvalue weighted by molar-refractivity contribution is 5.94. The summed E-state index contributed by atoms with van der Waals surface area (Å²) < 4.78 is 0. The topological polar surface area (TPSA) is 177 Å². The van der Waals surface area contributed by atoms with Crippen molar-refractivity contribution in [1.29, 1.82) is 0 Å². The normalized spacial score (nSPS) is 15.3. The van der Waals surface area contributed by atoms with Gasteiger partial charge in [-0.25, -0.2) is 4.79 Å². The van der Waals surface area contributed by atoms with Crippen LogP contribution in [0, 0.1) is 5.92 Å². The first-order valence-electron chi connectivity index (χ1n) is 11.7. The van der Waals surface area contributed by atoms with E-state index in [1.54, 1.807) is 6.92 Å². The molecule has 0 saturated heterocycles. The summed E-state index contributed by atoms with van der Waals surface area (Å²) in [5.41, 5.74) is 12.3. The molecule has 0 saturated carbocycles. The Morgan fingerprint density at radius 1 is 0.941 bits per heavy atom. The molecule has 10 heteroatoms. The summed E-state index contributed by atoms with van der Waals surface area (Å²) in [6.45, 7) is 5.52. The minimum absolute atomic E-state index is 0.201. The van der Waals surface area contributed by atoms with E-state index in [1.807, 2.05) is 37.3 Å². The maximum Gasteiger partial charge on any atom is 0.326 e. The third-order valence-corrected chi connectivity index (χ3v) is 5.75. The largest absolute Gasteiger partial charge is 0.480 e. The van der Waals surface area contributed by atoms with Gasteiger partial charge in [-0.15, -0.1) is 0 Å². The molecule has 5 unspecified atom stereocenters. The molecule has 0 bridgehead atoms. The minimum atomic E-state index is -1.14. The molecule has 10 nitrogen and oxygen atoms in total. The number of nitrogens with two attached hydrogens (primary N) is 2. The van der Waals surface area contributed by atoms with Gasteiger partial charge in [0.05, 0.1) is 6.04 Å². The number of carboxylic acid groups (broad SMARTS) is 1. The second-order valence-electron chi connectivity index (χ2n) is 8.58. The highest BCUT2D eigenvalue weighted by atomic mass is 16.4. The van der Waals surface area contributed by atoms with Crippen LogP contribution in [0.5, 0.6) is 0 Å². The number of unbranched alkanes of at least 4 members (excludes halogenated alkanes) is 1. The number of benzene rings is 1. The van der Waals surface area contributed by atoms with Crippen molar-refractivity contribution in [1.82, 2.24) is 16.0 Å². The number of amides is 3. The summed E-state index contributed by atoms with van der Waals surface area (Å²) in [5.74, 6) is -3.07. The summed E-state index contributed by atoms with van der Waals surface area (Å²) in [5, 5.41) is 17.1. The van der Waals surface area contributed by atoms with E-state index in [9.17, 15) is 24.3 Å². The molecule has 0 radical (unpaired) electrons. The third kappa shape index (κ3) is 9.88. The number of hydrogen-bond acceptors (Lipinski definition) is 6. The second kappa shape index (κ2) is 15.0. The van der Waals surface area contributed by atoms with Crippen LogP contribution < -0.4 is 27.4 Å². The fourth-order valence-electron chi connectivity index (χ4n) is 3.32. The zero-order chi connectivity index (χ0) is 25.7.